The molecule has 2 aromatic carbocycles. The van der Waals surface area contributed by atoms with Gasteiger partial charge in [0.05, 0.1) is 0 Å². The summed E-state index contributed by atoms with van der Waals surface area (Å²) in [7, 11) is 1.69. The van der Waals surface area contributed by atoms with E-state index in [2.05, 4.69) is 48.4 Å². The molecule has 0 aliphatic heterocycles. The summed E-state index contributed by atoms with van der Waals surface area (Å²) in [5, 5.41) is 0. The van der Waals surface area contributed by atoms with Crippen LogP contribution in [0.25, 0.3) is 11.1 Å². The van der Waals surface area contributed by atoms with Gasteiger partial charge in [-0.05, 0) is 6.26 Å². The predicted octanol–water partition coefficient (Wildman–Crippen LogP) is 5.63. The number of ether oxygens (including phenoxy) is 1. The summed E-state index contributed by atoms with van der Waals surface area (Å²) in [4.78, 5) is 13.7. The van der Waals surface area contributed by atoms with Gasteiger partial charge in [0, 0.05) is 0 Å². The molecule has 1 radical (unpaired) electrons. The van der Waals surface area contributed by atoms with Crippen molar-refractivity contribution in [1.82, 2.24) is 0 Å². The van der Waals surface area contributed by atoms with Gasteiger partial charge in [0.1, 0.15) is 0 Å². The predicted molar refractivity (Wildman–Crippen MR) is 127 cm³/mol. The molecule has 1 fully saturated rings. The van der Waals surface area contributed by atoms with Gasteiger partial charge in [0.25, 0.3) is 0 Å². The number of methoxy groups -OCH3 is 1. The van der Waals surface area contributed by atoms with E-state index in [9.17, 15) is 4.79 Å². The minimum Gasteiger partial charge on any atom is -0.147 e. The number of primary amides is 1. The van der Waals surface area contributed by atoms with Crippen LogP contribution in [0.4, 0.5) is 0 Å². The number of thioether (sulfide) groups is 1. The van der Waals surface area contributed by atoms with Crippen molar-refractivity contribution in [2.24, 2.45) is 11.1 Å². The van der Waals surface area contributed by atoms with E-state index in [4.69, 9.17) is 10.5 Å². The van der Waals surface area contributed by atoms with Crippen molar-refractivity contribution in [1.29, 1.82) is 0 Å². The van der Waals surface area contributed by atoms with Gasteiger partial charge in [-0.1, -0.05) is 0 Å². The average Bonchev–Trinajstić information content (AvgIpc) is 2.74. The van der Waals surface area contributed by atoms with Gasteiger partial charge in [-0.15, -0.1) is 24.2 Å². The monoisotopic (exact) mass is 494 g/mol. The first-order chi connectivity index (χ1) is 13.5. The molecule has 0 saturated heterocycles. The molecule has 2 aromatic rings. The molecule has 0 spiro atoms. The van der Waals surface area contributed by atoms with Gasteiger partial charge in [-0.2, -0.15) is 0 Å². The van der Waals surface area contributed by atoms with E-state index in [0.717, 1.165) is 47.3 Å². The molecule has 3 nitrogen and oxygen atoms in total. The molecule has 1 aliphatic rings. The number of benzene rings is 2. The first-order valence-corrected chi connectivity index (χ1v) is 13.9. The van der Waals surface area contributed by atoms with E-state index in [0.29, 0.717) is 22.2 Å². The van der Waals surface area contributed by atoms with Crippen LogP contribution in [0.15, 0.2) is 47.4 Å². The van der Waals surface area contributed by atoms with Crippen LogP contribution in [0.2, 0.25) is 10.4 Å². The van der Waals surface area contributed by atoms with Crippen LogP contribution in [-0.2, 0) is 11.2 Å². The van der Waals surface area contributed by atoms with Crippen molar-refractivity contribution in [3.05, 3.63) is 48.0 Å². The number of nitrogens with two attached hydrogens (primary N) is 1. The second kappa shape index (κ2) is 10.8. The van der Waals surface area contributed by atoms with Crippen LogP contribution in [-0.4, -0.2) is 35.0 Å². The third kappa shape index (κ3) is 5.54. The summed E-state index contributed by atoms with van der Waals surface area (Å²) < 4.78 is 6.44. The number of carbonyl (C=O) groups is 1. The van der Waals surface area contributed by atoms with E-state index in [-0.39, 0.29) is 18.3 Å². The van der Waals surface area contributed by atoms with Crippen LogP contribution in [0, 0.1) is 5.41 Å². The van der Waals surface area contributed by atoms with Gasteiger partial charge in [0.15, 0.2) is 0 Å². The first-order valence-electron chi connectivity index (χ1n) is 9.71. The number of hydrogen-bond acceptors (Lipinski definition) is 3. The topological polar surface area (TPSA) is 52.3 Å². The standard InChI is InChI=1S/C23H29AsNO2S.ClH/c1-24-19-10-12-23(13-11-19,22(25)26)15-18-14-17(6-9-21(18)27-2)16-4-7-20(28-3)8-5-16;/h4-9,14,19H,10-13,15H2,1-3H3,(H2,25,26);1H. The molecule has 6 heteroatoms. The molecule has 0 atom stereocenters. The molecule has 1 saturated carbocycles. The Balaban J connectivity index is 0.00000300. The Morgan fingerprint density at radius 2 is 1.79 bits per heavy atom. The minimum atomic E-state index is -0.443. The first kappa shape index (κ1) is 24.2. The van der Waals surface area contributed by atoms with Crippen molar-refractivity contribution < 1.29 is 9.53 Å². The Morgan fingerprint density at radius 1 is 1.17 bits per heavy atom. The number of carbonyl (C=O) groups excluding carboxylic acids is 1. The summed E-state index contributed by atoms with van der Waals surface area (Å²) in [6.07, 6.45) is 6.78. The molecule has 157 valence electrons. The summed E-state index contributed by atoms with van der Waals surface area (Å²) >= 11 is 2.12. The second-order valence-electron chi connectivity index (χ2n) is 7.57. The number of hydrogen-bond donors (Lipinski definition) is 1. The molecule has 29 heavy (non-hydrogen) atoms. The maximum atomic E-state index is 12.5. The smallest absolute Gasteiger partial charge is 0.147 e. The maximum absolute atomic E-state index is 12.5. The summed E-state index contributed by atoms with van der Waals surface area (Å²) in [5.41, 5.74) is 11.2. The molecule has 1 amide bonds. The van der Waals surface area contributed by atoms with Gasteiger partial charge in [0.2, 0.25) is 0 Å². The zero-order valence-electron chi connectivity index (χ0n) is 17.3. The van der Waals surface area contributed by atoms with Crippen molar-refractivity contribution in [2.75, 3.05) is 13.4 Å². The zero-order chi connectivity index (χ0) is 20.1. The summed E-state index contributed by atoms with van der Waals surface area (Å²) in [6, 6.07) is 14.9. The van der Waals surface area contributed by atoms with Crippen molar-refractivity contribution in [2.45, 2.75) is 47.4 Å². The fourth-order valence-electron chi connectivity index (χ4n) is 4.17. The molecule has 3 rings (SSSR count). The molecular weight excluding hydrogens is 465 g/mol. The van der Waals surface area contributed by atoms with E-state index < -0.39 is 5.41 Å². The van der Waals surface area contributed by atoms with E-state index in [1.165, 1.54) is 10.5 Å². The number of halogens is 1. The third-order valence-electron chi connectivity index (χ3n) is 6.03. The zero-order valence-corrected chi connectivity index (χ0v) is 20.8. The molecule has 1 aliphatic carbocycles. The Kier molecular flexibility index (Phi) is 9.00. The van der Waals surface area contributed by atoms with Crippen molar-refractivity contribution in [3.63, 3.8) is 0 Å². The van der Waals surface area contributed by atoms with Crippen molar-refractivity contribution in [3.8, 4) is 16.9 Å². The molecule has 0 bridgehead atoms. The normalized spacial score (nSPS) is 21.7. The van der Waals surface area contributed by atoms with E-state index >= 15 is 0 Å². The number of rotatable bonds is 7. The Hall–Kier alpha value is -1.09. The van der Waals surface area contributed by atoms with Crippen LogP contribution in [0.5, 0.6) is 5.75 Å². The van der Waals surface area contributed by atoms with Crippen LogP contribution >= 0.6 is 24.2 Å². The Morgan fingerprint density at radius 3 is 2.31 bits per heavy atom. The maximum Gasteiger partial charge on any atom is -0.147 e. The Bertz CT molecular complexity index is 820. The van der Waals surface area contributed by atoms with Gasteiger partial charge >= 0.3 is 162 Å². The minimum absolute atomic E-state index is 0. The van der Waals surface area contributed by atoms with Gasteiger partial charge in [-0.3, -0.25) is 0 Å². The van der Waals surface area contributed by atoms with E-state index in [1.807, 2.05) is 6.07 Å². The third-order valence-corrected chi connectivity index (χ3v) is 9.39. The fraction of sp³-hybridized carbons (Fsp3) is 0.435. The fourth-order valence-corrected chi connectivity index (χ4v) is 6.20. The summed E-state index contributed by atoms with van der Waals surface area (Å²) in [6.45, 7) is 0. The summed E-state index contributed by atoms with van der Waals surface area (Å²) in [5.74, 6) is 0.684. The largest absolute Gasteiger partial charge is 0.147 e. The van der Waals surface area contributed by atoms with Gasteiger partial charge in [-0.25, -0.2) is 0 Å². The quantitative estimate of drug-likeness (QED) is 0.400. The second-order valence-corrected chi connectivity index (χ2v) is 11.1. The van der Waals surface area contributed by atoms with E-state index in [1.54, 1.807) is 18.9 Å². The average molecular weight is 495 g/mol. The SMILES string of the molecule is COc1ccc(-c2ccc(SC)cc2)cc1CC1(C(N)=O)CCC([As]C)CC1.Cl. The van der Waals surface area contributed by atoms with Crippen LogP contribution in [0.1, 0.15) is 31.2 Å². The Labute approximate surface area is 191 Å². The molecule has 0 heterocycles. The van der Waals surface area contributed by atoms with Crippen LogP contribution < -0.4 is 10.5 Å². The van der Waals surface area contributed by atoms with Crippen molar-refractivity contribution >= 4 is 45.8 Å². The number of amides is 1. The molecular formula is C23H30AsClNO2S. The van der Waals surface area contributed by atoms with Gasteiger partial charge < -0.3 is 0 Å². The molecule has 0 unspecified atom stereocenters. The van der Waals surface area contributed by atoms with Crippen LogP contribution in [0.3, 0.4) is 0 Å². The molecule has 0 aromatic heterocycles. The molecule has 2 N–H and O–H groups in total.